The number of benzene rings is 1. The van der Waals surface area contributed by atoms with Gasteiger partial charge in [0, 0.05) is 25.8 Å². The van der Waals surface area contributed by atoms with Crippen molar-refractivity contribution in [3.8, 4) is 0 Å². The Balaban J connectivity index is 1.63. The van der Waals surface area contributed by atoms with Crippen LogP contribution in [0, 0.1) is 6.92 Å². The molecule has 0 saturated carbocycles. The molecular weight excluding hydrogens is 286 g/mol. The second-order valence-electron chi connectivity index (χ2n) is 6.23. The summed E-state index contributed by atoms with van der Waals surface area (Å²) < 4.78 is 0. The van der Waals surface area contributed by atoms with E-state index in [2.05, 4.69) is 35.0 Å². The lowest BCUT2D eigenvalue weighted by atomic mass is 10.1. The van der Waals surface area contributed by atoms with Crippen LogP contribution in [0.3, 0.4) is 0 Å². The molecule has 4 nitrogen and oxygen atoms in total. The van der Waals surface area contributed by atoms with E-state index in [-0.39, 0.29) is 11.9 Å². The van der Waals surface area contributed by atoms with Gasteiger partial charge >= 0.3 is 0 Å². The number of likely N-dealkylation sites (tertiary alicyclic amines) is 1. The molecule has 3 rings (SSSR count). The molecule has 1 saturated heterocycles. The predicted octanol–water partition coefficient (Wildman–Crippen LogP) is 2.62. The number of pyridine rings is 1. The average molecular weight is 309 g/mol. The van der Waals surface area contributed by atoms with Crippen LogP contribution in [-0.2, 0) is 17.9 Å². The summed E-state index contributed by atoms with van der Waals surface area (Å²) in [5, 5.41) is 0. The highest BCUT2D eigenvalue weighted by molar-refractivity contribution is 5.83. The van der Waals surface area contributed by atoms with Crippen molar-refractivity contribution in [2.24, 2.45) is 0 Å². The van der Waals surface area contributed by atoms with Crippen molar-refractivity contribution in [1.82, 2.24) is 14.8 Å². The van der Waals surface area contributed by atoms with Crippen LogP contribution in [0.2, 0.25) is 0 Å². The van der Waals surface area contributed by atoms with Crippen LogP contribution in [0.15, 0.2) is 48.7 Å². The van der Waals surface area contributed by atoms with Crippen LogP contribution in [-0.4, -0.2) is 40.3 Å². The molecule has 1 amide bonds. The predicted molar refractivity (Wildman–Crippen MR) is 90.7 cm³/mol. The molecule has 1 atom stereocenters. The minimum atomic E-state index is -0.0416. The van der Waals surface area contributed by atoms with Crippen LogP contribution in [0.25, 0.3) is 0 Å². The molecule has 1 aromatic heterocycles. The van der Waals surface area contributed by atoms with Gasteiger partial charge in [0.25, 0.3) is 0 Å². The van der Waals surface area contributed by atoms with E-state index in [9.17, 15) is 4.79 Å². The molecule has 0 bridgehead atoms. The van der Waals surface area contributed by atoms with Gasteiger partial charge in [-0.3, -0.25) is 14.7 Å². The highest BCUT2D eigenvalue weighted by atomic mass is 16.2. The van der Waals surface area contributed by atoms with E-state index in [0.29, 0.717) is 13.1 Å². The van der Waals surface area contributed by atoms with Gasteiger partial charge in [-0.25, -0.2) is 0 Å². The smallest absolute Gasteiger partial charge is 0.240 e. The van der Waals surface area contributed by atoms with E-state index >= 15 is 0 Å². The normalized spacial score (nSPS) is 18.0. The van der Waals surface area contributed by atoms with E-state index in [1.165, 1.54) is 11.1 Å². The molecular formula is C19H23N3O. The van der Waals surface area contributed by atoms with Crippen molar-refractivity contribution in [2.45, 2.75) is 32.5 Å². The Bertz CT molecular complexity index is 671. The Morgan fingerprint density at radius 1 is 1.22 bits per heavy atom. The summed E-state index contributed by atoms with van der Waals surface area (Å²) in [5.74, 6) is 0.227. The van der Waals surface area contributed by atoms with Crippen LogP contribution in [0.1, 0.15) is 23.2 Å². The number of hydrogen-bond donors (Lipinski definition) is 0. The largest absolute Gasteiger partial charge is 0.337 e. The number of amides is 1. The molecule has 1 unspecified atom stereocenters. The first kappa shape index (κ1) is 15.7. The molecule has 2 aromatic rings. The first-order chi connectivity index (χ1) is 11.1. The van der Waals surface area contributed by atoms with Gasteiger partial charge in [-0.1, -0.05) is 36.4 Å². The molecule has 1 aliphatic rings. The third kappa shape index (κ3) is 3.59. The lowest BCUT2D eigenvalue weighted by molar-refractivity contribution is -0.132. The van der Waals surface area contributed by atoms with E-state index < -0.39 is 0 Å². The number of carbonyl (C=O) groups excluding carboxylic acids is 1. The standard InChI is InChI=1S/C19H23N3O/c1-15-7-6-11-20-17(15)14-21(2)18-10-12-22(19(18)23)13-16-8-4-3-5-9-16/h3-9,11,18H,10,12-14H2,1-2H3. The molecule has 0 spiro atoms. The minimum Gasteiger partial charge on any atom is -0.337 e. The maximum absolute atomic E-state index is 12.7. The molecule has 1 aliphatic heterocycles. The number of aryl methyl sites for hydroxylation is 1. The summed E-state index contributed by atoms with van der Waals surface area (Å²) in [4.78, 5) is 21.2. The summed E-state index contributed by atoms with van der Waals surface area (Å²) in [6.07, 6.45) is 2.70. The maximum atomic E-state index is 12.7. The van der Waals surface area contributed by atoms with Gasteiger partial charge in [0.2, 0.25) is 5.91 Å². The monoisotopic (exact) mass is 309 g/mol. The number of hydrogen-bond acceptors (Lipinski definition) is 3. The van der Waals surface area contributed by atoms with Crippen molar-refractivity contribution in [1.29, 1.82) is 0 Å². The van der Waals surface area contributed by atoms with E-state index in [1.54, 1.807) is 0 Å². The number of likely N-dealkylation sites (N-methyl/N-ethyl adjacent to an activating group) is 1. The van der Waals surface area contributed by atoms with Crippen LogP contribution >= 0.6 is 0 Å². The summed E-state index contributed by atoms with van der Waals surface area (Å²) in [6.45, 7) is 4.30. The highest BCUT2D eigenvalue weighted by Crippen LogP contribution is 2.20. The fourth-order valence-electron chi connectivity index (χ4n) is 3.12. The molecule has 0 N–H and O–H groups in total. The summed E-state index contributed by atoms with van der Waals surface area (Å²) >= 11 is 0. The first-order valence-corrected chi connectivity index (χ1v) is 8.08. The Labute approximate surface area is 137 Å². The van der Waals surface area contributed by atoms with E-state index in [1.807, 2.05) is 42.4 Å². The van der Waals surface area contributed by atoms with Crippen LogP contribution in [0.5, 0.6) is 0 Å². The lowest BCUT2D eigenvalue weighted by Crippen LogP contribution is -2.39. The Kier molecular flexibility index (Phi) is 4.72. The molecule has 1 fully saturated rings. The first-order valence-electron chi connectivity index (χ1n) is 8.08. The van der Waals surface area contributed by atoms with Crippen LogP contribution in [0.4, 0.5) is 0 Å². The molecule has 23 heavy (non-hydrogen) atoms. The summed E-state index contributed by atoms with van der Waals surface area (Å²) in [7, 11) is 2.02. The van der Waals surface area contributed by atoms with Crippen LogP contribution < -0.4 is 0 Å². The fourth-order valence-corrected chi connectivity index (χ4v) is 3.12. The zero-order valence-electron chi connectivity index (χ0n) is 13.8. The van der Waals surface area contributed by atoms with Gasteiger partial charge < -0.3 is 4.90 Å². The summed E-state index contributed by atoms with van der Waals surface area (Å²) in [6, 6.07) is 14.1. The second kappa shape index (κ2) is 6.92. The van der Waals surface area contributed by atoms with Gasteiger partial charge in [0.1, 0.15) is 0 Å². The minimum absolute atomic E-state index is 0.0416. The molecule has 0 aliphatic carbocycles. The zero-order valence-corrected chi connectivity index (χ0v) is 13.8. The van der Waals surface area contributed by atoms with Gasteiger partial charge in [0.15, 0.2) is 0 Å². The van der Waals surface area contributed by atoms with Crippen molar-refractivity contribution >= 4 is 5.91 Å². The van der Waals surface area contributed by atoms with Crippen molar-refractivity contribution in [3.05, 3.63) is 65.5 Å². The number of rotatable bonds is 5. The fraction of sp³-hybridized carbons (Fsp3) is 0.368. The van der Waals surface area contributed by atoms with Crippen molar-refractivity contribution in [3.63, 3.8) is 0 Å². The van der Waals surface area contributed by atoms with Gasteiger partial charge in [-0.15, -0.1) is 0 Å². The lowest BCUT2D eigenvalue weighted by Gasteiger charge is -2.24. The molecule has 1 aromatic carbocycles. The topological polar surface area (TPSA) is 36.4 Å². The number of carbonyl (C=O) groups is 1. The highest BCUT2D eigenvalue weighted by Gasteiger charge is 2.34. The third-order valence-electron chi connectivity index (χ3n) is 4.53. The Hall–Kier alpha value is -2.20. The molecule has 2 heterocycles. The second-order valence-corrected chi connectivity index (χ2v) is 6.23. The zero-order chi connectivity index (χ0) is 16.2. The molecule has 120 valence electrons. The Morgan fingerprint density at radius 2 is 2.00 bits per heavy atom. The molecule has 4 heteroatoms. The Morgan fingerprint density at radius 3 is 2.74 bits per heavy atom. The van der Waals surface area contributed by atoms with E-state index in [0.717, 1.165) is 18.7 Å². The molecule has 0 radical (unpaired) electrons. The van der Waals surface area contributed by atoms with Crippen molar-refractivity contribution < 1.29 is 4.79 Å². The van der Waals surface area contributed by atoms with Gasteiger partial charge in [-0.05, 0) is 37.6 Å². The van der Waals surface area contributed by atoms with Gasteiger partial charge in [0.05, 0.1) is 11.7 Å². The summed E-state index contributed by atoms with van der Waals surface area (Å²) in [5.41, 5.74) is 3.40. The third-order valence-corrected chi connectivity index (χ3v) is 4.53. The number of aromatic nitrogens is 1. The van der Waals surface area contributed by atoms with Crippen molar-refractivity contribution in [2.75, 3.05) is 13.6 Å². The SMILES string of the molecule is Cc1cccnc1CN(C)C1CCN(Cc2ccccc2)C1=O. The van der Waals surface area contributed by atoms with E-state index in [4.69, 9.17) is 0 Å². The average Bonchev–Trinajstić information content (AvgIpc) is 2.92. The number of nitrogens with zero attached hydrogens (tertiary/aromatic N) is 3. The maximum Gasteiger partial charge on any atom is 0.240 e. The van der Waals surface area contributed by atoms with Gasteiger partial charge in [-0.2, -0.15) is 0 Å². The quantitative estimate of drug-likeness (QED) is 0.852.